The molecule has 0 radical (unpaired) electrons. The highest BCUT2D eigenvalue weighted by Crippen LogP contribution is 2.43. The SMILES string of the molecule is COc1ccc([N+](=O)[O-])cc1Oc1ncnc2sc3c(c12)CC[C@H](C)C3. The van der Waals surface area contributed by atoms with Crippen molar-refractivity contribution >= 4 is 27.2 Å². The van der Waals surface area contributed by atoms with Crippen LogP contribution in [0.15, 0.2) is 24.5 Å². The number of non-ortho nitro benzene ring substituents is 1. The van der Waals surface area contributed by atoms with E-state index in [1.807, 2.05) is 0 Å². The number of thiophene rings is 1. The molecule has 3 aromatic rings. The van der Waals surface area contributed by atoms with Crippen molar-refractivity contribution < 1.29 is 14.4 Å². The van der Waals surface area contributed by atoms with E-state index >= 15 is 0 Å². The molecule has 0 amide bonds. The summed E-state index contributed by atoms with van der Waals surface area (Å²) in [4.78, 5) is 21.5. The second-order valence-corrected chi connectivity index (χ2v) is 7.49. The molecule has 0 aliphatic heterocycles. The van der Waals surface area contributed by atoms with Gasteiger partial charge >= 0.3 is 0 Å². The van der Waals surface area contributed by atoms with Crippen LogP contribution in [-0.2, 0) is 12.8 Å². The van der Waals surface area contributed by atoms with Crippen molar-refractivity contribution in [2.75, 3.05) is 7.11 Å². The quantitative estimate of drug-likeness (QED) is 0.495. The van der Waals surface area contributed by atoms with Crippen LogP contribution >= 0.6 is 11.3 Å². The van der Waals surface area contributed by atoms with Gasteiger partial charge in [-0.15, -0.1) is 11.3 Å². The molecule has 2 heterocycles. The van der Waals surface area contributed by atoms with E-state index in [1.54, 1.807) is 11.3 Å². The Morgan fingerprint density at radius 2 is 2.15 bits per heavy atom. The number of fused-ring (bicyclic) bond motifs is 3. The third-order valence-corrected chi connectivity index (χ3v) is 5.78. The van der Waals surface area contributed by atoms with Gasteiger partial charge in [0, 0.05) is 10.9 Å². The summed E-state index contributed by atoms with van der Waals surface area (Å²) in [7, 11) is 1.50. The second kappa shape index (κ2) is 6.53. The fourth-order valence-corrected chi connectivity index (χ4v) is 4.63. The molecule has 0 unspecified atom stereocenters. The van der Waals surface area contributed by atoms with Gasteiger partial charge in [-0.2, -0.15) is 0 Å². The number of hydrogen-bond acceptors (Lipinski definition) is 7. The molecule has 1 atom stereocenters. The number of ether oxygens (including phenoxy) is 2. The maximum Gasteiger partial charge on any atom is 0.273 e. The van der Waals surface area contributed by atoms with E-state index in [4.69, 9.17) is 9.47 Å². The highest BCUT2D eigenvalue weighted by Gasteiger charge is 2.24. The van der Waals surface area contributed by atoms with Gasteiger partial charge in [0.15, 0.2) is 11.5 Å². The Labute approximate surface area is 153 Å². The molecule has 7 nitrogen and oxygen atoms in total. The number of nitro benzene ring substituents is 1. The van der Waals surface area contributed by atoms with Crippen LogP contribution in [0.1, 0.15) is 23.8 Å². The first-order valence-corrected chi connectivity index (χ1v) is 9.14. The fourth-order valence-electron chi connectivity index (χ4n) is 3.29. The summed E-state index contributed by atoms with van der Waals surface area (Å²) >= 11 is 1.68. The van der Waals surface area contributed by atoms with Crippen LogP contribution in [0.3, 0.4) is 0 Å². The summed E-state index contributed by atoms with van der Waals surface area (Å²) in [6, 6.07) is 4.26. The van der Waals surface area contributed by atoms with E-state index in [0.29, 0.717) is 17.5 Å². The maximum atomic E-state index is 11.1. The lowest BCUT2D eigenvalue weighted by Gasteiger charge is -2.18. The molecule has 0 fully saturated rings. The van der Waals surface area contributed by atoms with E-state index in [0.717, 1.165) is 29.5 Å². The van der Waals surface area contributed by atoms with E-state index < -0.39 is 4.92 Å². The minimum absolute atomic E-state index is 0.0627. The minimum Gasteiger partial charge on any atom is -0.493 e. The number of rotatable bonds is 4. The summed E-state index contributed by atoms with van der Waals surface area (Å²) in [5.74, 6) is 1.76. The van der Waals surface area contributed by atoms with Crippen molar-refractivity contribution in [1.29, 1.82) is 0 Å². The lowest BCUT2D eigenvalue weighted by Crippen LogP contribution is -2.08. The largest absolute Gasteiger partial charge is 0.493 e. The molecule has 2 aromatic heterocycles. The third-order valence-electron chi connectivity index (χ3n) is 4.62. The van der Waals surface area contributed by atoms with Gasteiger partial charge in [0.05, 0.1) is 23.5 Å². The van der Waals surface area contributed by atoms with Gasteiger partial charge in [-0.05, 0) is 36.8 Å². The maximum absolute atomic E-state index is 11.1. The highest BCUT2D eigenvalue weighted by atomic mass is 32.1. The molecule has 0 N–H and O–H groups in total. The fraction of sp³-hybridized carbons (Fsp3) is 0.333. The average molecular weight is 371 g/mol. The van der Waals surface area contributed by atoms with Crippen molar-refractivity contribution in [3.63, 3.8) is 0 Å². The van der Waals surface area contributed by atoms with Crippen LogP contribution in [0.2, 0.25) is 0 Å². The molecular weight excluding hydrogens is 354 g/mol. The molecule has 134 valence electrons. The van der Waals surface area contributed by atoms with Crippen molar-refractivity contribution in [2.24, 2.45) is 5.92 Å². The Bertz CT molecular complexity index is 1000. The lowest BCUT2D eigenvalue weighted by atomic mass is 9.89. The molecule has 0 spiro atoms. The molecule has 1 aromatic carbocycles. The molecule has 26 heavy (non-hydrogen) atoms. The third kappa shape index (κ3) is 2.86. The minimum atomic E-state index is -0.463. The van der Waals surface area contributed by atoms with Crippen LogP contribution in [0.4, 0.5) is 5.69 Å². The summed E-state index contributed by atoms with van der Waals surface area (Å²) in [6.45, 7) is 2.25. The Morgan fingerprint density at radius 1 is 1.31 bits per heavy atom. The van der Waals surface area contributed by atoms with Gasteiger partial charge < -0.3 is 9.47 Å². The number of benzene rings is 1. The number of nitro groups is 1. The number of hydrogen-bond donors (Lipinski definition) is 0. The topological polar surface area (TPSA) is 87.4 Å². The van der Waals surface area contributed by atoms with E-state index in [-0.39, 0.29) is 11.4 Å². The molecule has 1 aliphatic carbocycles. The number of aryl methyl sites for hydroxylation is 1. The van der Waals surface area contributed by atoms with Crippen molar-refractivity contribution in [3.8, 4) is 17.4 Å². The van der Waals surface area contributed by atoms with E-state index in [2.05, 4.69) is 16.9 Å². The smallest absolute Gasteiger partial charge is 0.273 e. The second-order valence-electron chi connectivity index (χ2n) is 6.41. The normalized spacial score (nSPS) is 16.3. The molecule has 4 rings (SSSR count). The van der Waals surface area contributed by atoms with Gasteiger partial charge in [0.2, 0.25) is 5.88 Å². The summed E-state index contributed by atoms with van der Waals surface area (Å²) in [6.07, 6.45) is 4.59. The number of methoxy groups -OCH3 is 1. The van der Waals surface area contributed by atoms with Gasteiger partial charge in [0.25, 0.3) is 5.69 Å². The first-order valence-electron chi connectivity index (χ1n) is 8.32. The zero-order valence-corrected chi connectivity index (χ0v) is 15.2. The van der Waals surface area contributed by atoms with Crippen LogP contribution in [-0.4, -0.2) is 22.0 Å². The van der Waals surface area contributed by atoms with Crippen LogP contribution in [0.5, 0.6) is 17.4 Å². The van der Waals surface area contributed by atoms with Crippen molar-refractivity contribution in [1.82, 2.24) is 9.97 Å². The number of nitrogens with zero attached hydrogens (tertiary/aromatic N) is 3. The Morgan fingerprint density at radius 3 is 2.92 bits per heavy atom. The molecule has 0 saturated heterocycles. The molecular formula is C18H17N3O4S. The standard InChI is InChI=1S/C18H17N3O4S/c1-10-3-5-12-15(7-10)26-18-16(12)17(19-9-20-18)25-14-8-11(21(22)23)4-6-13(14)24-2/h4,6,8-10H,3,5,7H2,1-2H3/t10-/m0/s1. The molecule has 0 bridgehead atoms. The monoisotopic (exact) mass is 371 g/mol. The first-order chi connectivity index (χ1) is 12.6. The van der Waals surface area contributed by atoms with Crippen LogP contribution < -0.4 is 9.47 Å². The molecule has 8 heteroatoms. The predicted octanol–water partition coefficient (Wildman–Crippen LogP) is 4.53. The van der Waals surface area contributed by atoms with E-state index in [9.17, 15) is 10.1 Å². The van der Waals surface area contributed by atoms with E-state index in [1.165, 1.54) is 42.1 Å². The van der Waals surface area contributed by atoms with Gasteiger partial charge in [-0.3, -0.25) is 10.1 Å². The van der Waals surface area contributed by atoms with Gasteiger partial charge in [-0.25, -0.2) is 9.97 Å². The lowest BCUT2D eigenvalue weighted by molar-refractivity contribution is -0.384. The van der Waals surface area contributed by atoms with Crippen LogP contribution in [0, 0.1) is 16.0 Å². The zero-order chi connectivity index (χ0) is 18.3. The molecule has 1 aliphatic rings. The Kier molecular flexibility index (Phi) is 4.20. The predicted molar refractivity (Wildman–Crippen MR) is 98.3 cm³/mol. The van der Waals surface area contributed by atoms with Gasteiger partial charge in [0.1, 0.15) is 11.2 Å². The zero-order valence-electron chi connectivity index (χ0n) is 14.4. The highest BCUT2D eigenvalue weighted by molar-refractivity contribution is 7.18. The van der Waals surface area contributed by atoms with Crippen LogP contribution in [0.25, 0.3) is 10.2 Å². The summed E-state index contributed by atoms with van der Waals surface area (Å²) in [5, 5.41) is 12.0. The summed E-state index contributed by atoms with van der Waals surface area (Å²) < 4.78 is 11.3. The Balaban J connectivity index is 1.81. The summed E-state index contributed by atoms with van der Waals surface area (Å²) in [5.41, 5.74) is 1.18. The number of aromatic nitrogens is 2. The van der Waals surface area contributed by atoms with Gasteiger partial charge in [-0.1, -0.05) is 6.92 Å². The average Bonchev–Trinajstić information content (AvgIpc) is 2.99. The Hall–Kier alpha value is -2.74. The molecule has 0 saturated carbocycles. The van der Waals surface area contributed by atoms with Crippen molar-refractivity contribution in [2.45, 2.75) is 26.2 Å². The first kappa shape index (κ1) is 16.7. The van der Waals surface area contributed by atoms with Crippen molar-refractivity contribution in [3.05, 3.63) is 45.1 Å².